The Morgan fingerprint density at radius 3 is 2.14 bits per heavy atom. The summed E-state index contributed by atoms with van der Waals surface area (Å²) in [5.74, 6) is 0.769. The quantitative estimate of drug-likeness (QED) is 0.630. The molecule has 3 nitrogen and oxygen atoms in total. The first kappa shape index (κ1) is 11.0. The molecule has 0 aliphatic heterocycles. The van der Waals surface area contributed by atoms with Gasteiger partial charge in [-0.25, -0.2) is 4.98 Å². The van der Waals surface area contributed by atoms with Crippen molar-refractivity contribution in [3.63, 3.8) is 0 Å². The second-order valence-corrected chi connectivity index (χ2v) is 4.75. The third-order valence-electron chi connectivity index (χ3n) is 2.45. The molecule has 0 unspecified atom stereocenters. The average molecular weight is 194 g/mol. The maximum absolute atomic E-state index is 11.8. The van der Waals surface area contributed by atoms with Gasteiger partial charge in [0.15, 0.2) is 0 Å². The molecule has 0 aromatic carbocycles. The van der Waals surface area contributed by atoms with Crippen molar-refractivity contribution in [2.75, 3.05) is 0 Å². The van der Waals surface area contributed by atoms with Crippen molar-refractivity contribution in [3.05, 3.63) is 27.4 Å². The van der Waals surface area contributed by atoms with Gasteiger partial charge in [-0.1, -0.05) is 20.8 Å². The van der Waals surface area contributed by atoms with E-state index in [0.717, 1.165) is 17.1 Å². The Labute approximate surface area is 84.8 Å². The first-order valence-electron chi connectivity index (χ1n) is 4.80. The Kier molecular flexibility index (Phi) is 2.52. The molecule has 1 rings (SSSR count). The first-order valence-corrected chi connectivity index (χ1v) is 4.80. The maximum atomic E-state index is 11.8. The molecule has 78 valence electrons. The molecule has 0 aliphatic rings. The first-order chi connectivity index (χ1) is 6.25. The van der Waals surface area contributed by atoms with Gasteiger partial charge in [-0.05, 0) is 13.8 Å². The van der Waals surface area contributed by atoms with E-state index in [1.807, 2.05) is 13.8 Å². The molecule has 0 bridgehead atoms. The molecule has 14 heavy (non-hydrogen) atoms. The molecule has 0 aliphatic carbocycles. The predicted molar refractivity (Wildman–Crippen MR) is 57.7 cm³/mol. The van der Waals surface area contributed by atoms with Crippen molar-refractivity contribution in [3.8, 4) is 0 Å². The van der Waals surface area contributed by atoms with Crippen LogP contribution in [0.1, 0.15) is 37.9 Å². The summed E-state index contributed by atoms with van der Waals surface area (Å²) in [5.41, 5.74) is 1.65. The Balaban J connectivity index is 3.58. The summed E-state index contributed by atoms with van der Waals surface area (Å²) in [4.78, 5) is 16.2. The standard InChI is InChI=1S/C11H18N2O/c1-7-9(11(3,4)5)12-8(2)13(6)10(7)14/h1-6H3. The van der Waals surface area contributed by atoms with Gasteiger partial charge in [-0.15, -0.1) is 0 Å². The van der Waals surface area contributed by atoms with Crippen molar-refractivity contribution < 1.29 is 0 Å². The van der Waals surface area contributed by atoms with Gasteiger partial charge < -0.3 is 0 Å². The molecule has 1 aromatic rings. The van der Waals surface area contributed by atoms with Gasteiger partial charge in [0, 0.05) is 18.0 Å². The largest absolute Gasteiger partial charge is 0.300 e. The van der Waals surface area contributed by atoms with Crippen LogP contribution in [0, 0.1) is 13.8 Å². The summed E-state index contributed by atoms with van der Waals surface area (Å²) in [6, 6.07) is 0. The van der Waals surface area contributed by atoms with E-state index in [0.29, 0.717) is 0 Å². The fraction of sp³-hybridized carbons (Fsp3) is 0.636. The predicted octanol–water partition coefficient (Wildman–Crippen LogP) is 1.69. The van der Waals surface area contributed by atoms with Crippen molar-refractivity contribution in [2.45, 2.75) is 40.0 Å². The zero-order valence-electron chi connectivity index (χ0n) is 9.80. The van der Waals surface area contributed by atoms with Crippen LogP contribution in [0.4, 0.5) is 0 Å². The van der Waals surface area contributed by atoms with Crippen LogP contribution in [0.25, 0.3) is 0 Å². The van der Waals surface area contributed by atoms with Gasteiger partial charge in [-0.2, -0.15) is 0 Å². The third-order valence-corrected chi connectivity index (χ3v) is 2.45. The van der Waals surface area contributed by atoms with Crippen molar-refractivity contribution in [1.82, 2.24) is 9.55 Å². The maximum Gasteiger partial charge on any atom is 0.256 e. The molecule has 1 heterocycles. The van der Waals surface area contributed by atoms with Gasteiger partial charge in [0.1, 0.15) is 5.82 Å². The number of rotatable bonds is 0. The number of hydrogen-bond donors (Lipinski definition) is 0. The highest BCUT2D eigenvalue weighted by atomic mass is 16.1. The van der Waals surface area contributed by atoms with Crippen molar-refractivity contribution >= 4 is 0 Å². The Morgan fingerprint density at radius 1 is 1.21 bits per heavy atom. The number of aryl methyl sites for hydroxylation is 1. The van der Waals surface area contributed by atoms with E-state index in [1.165, 1.54) is 0 Å². The van der Waals surface area contributed by atoms with Crippen LogP contribution < -0.4 is 5.56 Å². The lowest BCUT2D eigenvalue weighted by atomic mass is 9.89. The topological polar surface area (TPSA) is 34.9 Å². The van der Waals surface area contributed by atoms with Gasteiger partial charge in [-0.3, -0.25) is 9.36 Å². The van der Waals surface area contributed by atoms with Crippen LogP contribution in [-0.4, -0.2) is 9.55 Å². The Bertz CT molecular complexity index is 411. The van der Waals surface area contributed by atoms with Gasteiger partial charge in [0.05, 0.1) is 5.69 Å². The molecular formula is C11H18N2O. The third kappa shape index (κ3) is 1.72. The summed E-state index contributed by atoms with van der Waals surface area (Å²) in [7, 11) is 1.75. The minimum absolute atomic E-state index is 0.0578. The molecule has 0 saturated carbocycles. The van der Waals surface area contributed by atoms with Gasteiger partial charge in [0.2, 0.25) is 0 Å². The van der Waals surface area contributed by atoms with Crippen LogP contribution in [0.3, 0.4) is 0 Å². The van der Waals surface area contributed by atoms with Crippen molar-refractivity contribution in [2.24, 2.45) is 7.05 Å². The van der Waals surface area contributed by atoms with Crippen molar-refractivity contribution in [1.29, 1.82) is 0 Å². The molecule has 0 saturated heterocycles. The van der Waals surface area contributed by atoms with E-state index < -0.39 is 0 Å². The normalized spacial score (nSPS) is 11.9. The summed E-state index contributed by atoms with van der Waals surface area (Å²) < 4.78 is 1.59. The highest BCUT2D eigenvalue weighted by molar-refractivity contribution is 5.23. The van der Waals surface area contributed by atoms with Gasteiger partial charge >= 0.3 is 0 Å². The molecule has 0 atom stereocenters. The Morgan fingerprint density at radius 2 is 1.71 bits per heavy atom. The molecule has 1 aromatic heterocycles. The van der Waals surface area contributed by atoms with Crippen LogP contribution in [0.2, 0.25) is 0 Å². The summed E-state index contributed by atoms with van der Waals surface area (Å²) >= 11 is 0. The molecule has 0 amide bonds. The SMILES string of the molecule is Cc1c(C(C)(C)C)nc(C)n(C)c1=O. The number of aromatic nitrogens is 2. The summed E-state index contributed by atoms with van der Waals surface area (Å²) in [5, 5.41) is 0. The number of hydrogen-bond acceptors (Lipinski definition) is 2. The van der Waals surface area contributed by atoms with E-state index in [2.05, 4.69) is 25.8 Å². The fourth-order valence-electron chi connectivity index (χ4n) is 1.55. The van der Waals surface area contributed by atoms with Crippen LogP contribution in [0.5, 0.6) is 0 Å². The number of nitrogens with zero attached hydrogens (tertiary/aromatic N) is 2. The lowest BCUT2D eigenvalue weighted by Gasteiger charge is -2.21. The monoisotopic (exact) mass is 194 g/mol. The second kappa shape index (κ2) is 3.23. The van der Waals surface area contributed by atoms with Gasteiger partial charge in [0.25, 0.3) is 5.56 Å². The molecule has 0 fully saturated rings. The Hall–Kier alpha value is -1.12. The van der Waals surface area contributed by atoms with E-state index in [1.54, 1.807) is 11.6 Å². The summed E-state index contributed by atoms with van der Waals surface area (Å²) in [6.07, 6.45) is 0. The highest BCUT2D eigenvalue weighted by Crippen LogP contribution is 2.21. The van der Waals surface area contributed by atoms with E-state index in [4.69, 9.17) is 0 Å². The summed E-state index contributed by atoms with van der Waals surface area (Å²) in [6.45, 7) is 9.91. The zero-order valence-corrected chi connectivity index (χ0v) is 9.80. The minimum atomic E-state index is -0.0672. The molecule has 0 spiro atoms. The van der Waals surface area contributed by atoms with E-state index in [-0.39, 0.29) is 11.0 Å². The molecule has 0 radical (unpaired) electrons. The van der Waals surface area contributed by atoms with Crippen LogP contribution in [0.15, 0.2) is 4.79 Å². The molecule has 0 N–H and O–H groups in total. The highest BCUT2D eigenvalue weighted by Gasteiger charge is 2.21. The zero-order chi connectivity index (χ0) is 11.1. The average Bonchev–Trinajstić information content (AvgIpc) is 2.06. The minimum Gasteiger partial charge on any atom is -0.300 e. The molecular weight excluding hydrogens is 176 g/mol. The second-order valence-electron chi connectivity index (χ2n) is 4.75. The van der Waals surface area contributed by atoms with Crippen LogP contribution >= 0.6 is 0 Å². The fourth-order valence-corrected chi connectivity index (χ4v) is 1.55. The smallest absolute Gasteiger partial charge is 0.256 e. The lowest BCUT2D eigenvalue weighted by Crippen LogP contribution is -2.29. The lowest BCUT2D eigenvalue weighted by molar-refractivity contribution is 0.549. The molecule has 3 heteroatoms. The van der Waals surface area contributed by atoms with E-state index >= 15 is 0 Å². The van der Waals surface area contributed by atoms with Crippen LogP contribution in [-0.2, 0) is 12.5 Å². The van der Waals surface area contributed by atoms with E-state index in [9.17, 15) is 4.79 Å².